The first-order valence-corrected chi connectivity index (χ1v) is 9.97. The molecule has 0 radical (unpaired) electrons. The molecule has 32 heavy (non-hydrogen) atoms. The first kappa shape index (κ1) is 22.9. The minimum atomic E-state index is -1.03. The molecule has 9 nitrogen and oxygen atoms in total. The molecular weight excluding hydrogens is 417 g/mol. The van der Waals surface area contributed by atoms with Crippen LogP contribution in [0.25, 0.3) is 11.1 Å². The Labute approximate surface area is 183 Å². The molecule has 0 spiro atoms. The van der Waals surface area contributed by atoms with Gasteiger partial charge in [-0.1, -0.05) is 36.4 Å². The lowest BCUT2D eigenvalue weighted by Crippen LogP contribution is -2.23. The number of urea groups is 1. The fourth-order valence-electron chi connectivity index (χ4n) is 2.92. The number of H-pyrrole nitrogens is 1. The number of ether oxygens (including phenoxy) is 1. The molecule has 5 N–H and O–H groups in total. The summed E-state index contributed by atoms with van der Waals surface area (Å²) in [4.78, 5) is 31.3. The van der Waals surface area contributed by atoms with Crippen LogP contribution in [0.5, 0.6) is 5.75 Å². The summed E-state index contributed by atoms with van der Waals surface area (Å²) in [6.07, 6.45) is 2.16. The van der Waals surface area contributed by atoms with Gasteiger partial charge in [-0.15, -0.1) is 0 Å². The van der Waals surface area contributed by atoms with Crippen LogP contribution >= 0.6 is 0 Å². The van der Waals surface area contributed by atoms with Crippen molar-refractivity contribution >= 4 is 17.7 Å². The van der Waals surface area contributed by atoms with Crippen molar-refractivity contribution in [2.75, 3.05) is 30.6 Å². The van der Waals surface area contributed by atoms with E-state index in [1.165, 1.54) is 12.3 Å². The molecule has 2 aromatic carbocycles. The van der Waals surface area contributed by atoms with Gasteiger partial charge in [0.15, 0.2) is 0 Å². The van der Waals surface area contributed by atoms with E-state index in [9.17, 15) is 14.0 Å². The lowest BCUT2D eigenvalue weighted by Gasteiger charge is -2.11. The van der Waals surface area contributed by atoms with Crippen LogP contribution in [0.3, 0.4) is 0 Å². The van der Waals surface area contributed by atoms with Gasteiger partial charge in [0.25, 0.3) is 5.56 Å². The van der Waals surface area contributed by atoms with Crippen molar-refractivity contribution in [1.82, 2.24) is 15.3 Å². The molecule has 0 aliphatic rings. The molecule has 1 aromatic heterocycles. The summed E-state index contributed by atoms with van der Waals surface area (Å²) < 4.78 is 17.3. The van der Waals surface area contributed by atoms with E-state index in [1.54, 1.807) is 18.2 Å². The van der Waals surface area contributed by atoms with Crippen LogP contribution in [0, 0.1) is 0 Å². The Morgan fingerprint density at radius 1 is 1.12 bits per heavy atom. The van der Waals surface area contributed by atoms with Crippen LogP contribution in [0.1, 0.15) is 12.0 Å². The number of aliphatic hydroxyl groups is 1. The Hall–Kier alpha value is -3.76. The molecule has 0 aliphatic heterocycles. The molecule has 0 atom stereocenters. The van der Waals surface area contributed by atoms with Crippen LogP contribution in [0.15, 0.2) is 59.5 Å². The van der Waals surface area contributed by atoms with Gasteiger partial charge in [0.1, 0.15) is 5.75 Å². The second-order valence-corrected chi connectivity index (χ2v) is 6.75. The Bertz CT molecular complexity index is 1090. The van der Waals surface area contributed by atoms with E-state index >= 15 is 0 Å². The number of aromatic nitrogens is 2. The summed E-state index contributed by atoms with van der Waals surface area (Å²) in [5, 5.41) is 17.0. The third-order valence-electron chi connectivity index (χ3n) is 4.48. The molecule has 0 saturated carbocycles. The summed E-state index contributed by atoms with van der Waals surface area (Å²) in [5.41, 5.74) is 1.85. The standard InChI is InChI=1S/C22H24FN5O4/c23-14-32-19-5-2-1-4-18(19)26-22(31)28-21-25-13-17(20(30)27-21)16-8-6-15(7-9-16)12-24-10-3-11-29/h1-2,4-9,13,24,29H,3,10-12,14H2,(H3,25,26,27,28,30,31). The summed E-state index contributed by atoms with van der Waals surface area (Å²) >= 11 is 0. The number of rotatable bonds is 10. The van der Waals surface area contributed by atoms with Crippen LogP contribution in [-0.4, -0.2) is 41.1 Å². The van der Waals surface area contributed by atoms with Gasteiger partial charge in [-0.3, -0.25) is 10.1 Å². The monoisotopic (exact) mass is 441 g/mol. The first-order valence-electron chi connectivity index (χ1n) is 9.97. The number of hydrogen-bond acceptors (Lipinski definition) is 6. The van der Waals surface area contributed by atoms with E-state index in [-0.39, 0.29) is 24.0 Å². The molecule has 10 heteroatoms. The summed E-state index contributed by atoms with van der Waals surface area (Å²) in [6.45, 7) is 0.498. The van der Waals surface area contributed by atoms with E-state index in [1.807, 2.05) is 24.3 Å². The molecule has 1 heterocycles. The molecule has 0 unspecified atom stereocenters. The highest BCUT2D eigenvalue weighted by Crippen LogP contribution is 2.23. The highest BCUT2D eigenvalue weighted by atomic mass is 19.1. The number of carbonyl (C=O) groups excluding carboxylic acids is 1. The Morgan fingerprint density at radius 3 is 2.62 bits per heavy atom. The van der Waals surface area contributed by atoms with Crippen LogP contribution in [-0.2, 0) is 6.54 Å². The number of para-hydroxylation sites is 2. The van der Waals surface area contributed by atoms with Gasteiger partial charge in [-0.05, 0) is 36.2 Å². The number of nitrogens with zero attached hydrogens (tertiary/aromatic N) is 1. The number of halogens is 1. The molecule has 0 bridgehead atoms. The van der Waals surface area contributed by atoms with Gasteiger partial charge in [0.2, 0.25) is 12.8 Å². The largest absolute Gasteiger partial charge is 0.461 e. The molecule has 0 aliphatic carbocycles. The van der Waals surface area contributed by atoms with E-state index < -0.39 is 18.5 Å². The molecule has 168 valence electrons. The normalized spacial score (nSPS) is 10.6. The van der Waals surface area contributed by atoms with Gasteiger partial charge < -0.3 is 25.5 Å². The minimum Gasteiger partial charge on any atom is -0.461 e. The number of anilines is 2. The molecule has 3 rings (SSSR count). The first-order chi connectivity index (χ1) is 15.6. The number of amides is 2. The summed E-state index contributed by atoms with van der Waals surface area (Å²) in [6, 6.07) is 13.1. The van der Waals surface area contributed by atoms with Crippen molar-refractivity contribution in [3.63, 3.8) is 0 Å². The molecule has 3 aromatic rings. The van der Waals surface area contributed by atoms with Crippen LogP contribution in [0.2, 0.25) is 0 Å². The predicted molar refractivity (Wildman–Crippen MR) is 119 cm³/mol. The molecule has 0 saturated heterocycles. The zero-order valence-corrected chi connectivity index (χ0v) is 17.2. The molecular formula is C22H24FN5O4. The maximum absolute atomic E-state index is 12.5. The number of nitrogens with one attached hydrogen (secondary N) is 4. The van der Waals surface area contributed by atoms with Crippen molar-refractivity contribution in [2.45, 2.75) is 13.0 Å². The maximum atomic E-state index is 12.5. The van der Waals surface area contributed by atoms with Gasteiger partial charge in [0, 0.05) is 19.3 Å². The fourth-order valence-corrected chi connectivity index (χ4v) is 2.92. The topological polar surface area (TPSA) is 128 Å². The van der Waals surface area contributed by atoms with Crippen molar-refractivity contribution in [1.29, 1.82) is 0 Å². The maximum Gasteiger partial charge on any atom is 0.326 e. The van der Waals surface area contributed by atoms with Gasteiger partial charge >= 0.3 is 6.03 Å². The second kappa shape index (κ2) is 11.6. The van der Waals surface area contributed by atoms with Gasteiger partial charge in [-0.25, -0.2) is 9.18 Å². The van der Waals surface area contributed by atoms with Gasteiger partial charge in [-0.2, -0.15) is 4.98 Å². The number of carbonyl (C=O) groups is 1. The van der Waals surface area contributed by atoms with Crippen molar-refractivity contribution < 1.29 is 19.0 Å². The van der Waals surface area contributed by atoms with E-state index in [2.05, 4.69) is 25.9 Å². The zero-order valence-electron chi connectivity index (χ0n) is 17.2. The lowest BCUT2D eigenvalue weighted by molar-refractivity contribution is 0.192. The SMILES string of the molecule is O=C(Nc1nc(=O)c(-c2ccc(CNCCCO)cc2)c[nH]1)Nc1ccccc1OCF. The van der Waals surface area contributed by atoms with Crippen LogP contribution < -0.4 is 26.2 Å². The highest BCUT2D eigenvalue weighted by molar-refractivity contribution is 5.99. The van der Waals surface area contributed by atoms with E-state index in [0.717, 1.165) is 12.1 Å². The molecule has 0 fully saturated rings. The number of aliphatic hydroxyl groups excluding tert-OH is 1. The average Bonchev–Trinajstić information content (AvgIpc) is 2.79. The average molecular weight is 441 g/mol. The number of benzene rings is 2. The fraction of sp³-hybridized carbons (Fsp3) is 0.227. The summed E-state index contributed by atoms with van der Waals surface area (Å²) in [5.74, 6) is 0.138. The van der Waals surface area contributed by atoms with Crippen LogP contribution in [0.4, 0.5) is 20.8 Å². The number of hydrogen-bond donors (Lipinski definition) is 5. The third kappa shape index (κ3) is 6.37. The Balaban J connectivity index is 1.63. The molecule has 2 amide bonds. The van der Waals surface area contributed by atoms with E-state index in [4.69, 9.17) is 9.84 Å². The van der Waals surface area contributed by atoms with Crippen molar-refractivity contribution in [2.24, 2.45) is 0 Å². The smallest absolute Gasteiger partial charge is 0.326 e. The quantitative estimate of drug-likeness (QED) is 0.308. The summed E-state index contributed by atoms with van der Waals surface area (Å²) in [7, 11) is 0. The Kier molecular flexibility index (Phi) is 8.29. The van der Waals surface area contributed by atoms with Crippen molar-refractivity contribution in [3.05, 3.63) is 70.6 Å². The second-order valence-electron chi connectivity index (χ2n) is 6.75. The number of alkyl halides is 1. The van der Waals surface area contributed by atoms with E-state index in [0.29, 0.717) is 24.1 Å². The van der Waals surface area contributed by atoms with Crippen molar-refractivity contribution in [3.8, 4) is 16.9 Å². The lowest BCUT2D eigenvalue weighted by atomic mass is 10.1. The van der Waals surface area contributed by atoms with Gasteiger partial charge in [0.05, 0.1) is 11.3 Å². The third-order valence-corrected chi connectivity index (χ3v) is 4.48. The minimum absolute atomic E-state index is 0.0372. The zero-order chi connectivity index (χ0) is 22.8. The highest BCUT2D eigenvalue weighted by Gasteiger charge is 2.11. The Morgan fingerprint density at radius 2 is 1.91 bits per heavy atom. The number of aromatic amines is 1. The predicted octanol–water partition coefficient (Wildman–Crippen LogP) is 2.86.